The Balaban J connectivity index is 1.91. The van der Waals surface area contributed by atoms with Crippen LogP contribution in [0.1, 0.15) is 25.3 Å². The average Bonchev–Trinajstić information content (AvgIpc) is 2.92. The number of nitrogens with one attached hydrogen (secondary N) is 1. The van der Waals surface area contributed by atoms with Gasteiger partial charge in [0.2, 0.25) is 0 Å². The van der Waals surface area contributed by atoms with Crippen LogP contribution in [0.3, 0.4) is 0 Å². The van der Waals surface area contributed by atoms with Crippen molar-refractivity contribution in [1.82, 2.24) is 5.32 Å². The summed E-state index contributed by atoms with van der Waals surface area (Å²) >= 11 is 0. The highest BCUT2D eigenvalue weighted by molar-refractivity contribution is 5.85. The molecule has 1 heterocycles. The van der Waals surface area contributed by atoms with Gasteiger partial charge in [-0.2, -0.15) is 0 Å². The molecule has 0 spiro atoms. The molecular formula is C16H21NO4. The van der Waals surface area contributed by atoms with Crippen LogP contribution in [0.4, 0.5) is 0 Å². The van der Waals surface area contributed by atoms with Crippen LogP contribution in [0, 0.1) is 5.92 Å². The van der Waals surface area contributed by atoms with E-state index in [1.165, 1.54) is 0 Å². The summed E-state index contributed by atoms with van der Waals surface area (Å²) < 4.78 is 5.45. The summed E-state index contributed by atoms with van der Waals surface area (Å²) in [7, 11) is 0. The van der Waals surface area contributed by atoms with Crippen molar-refractivity contribution in [1.29, 1.82) is 0 Å². The molecule has 0 saturated carbocycles. The SMILES string of the molecule is CC1(C(=O)NCC(Cc2ccccc2)C(=O)O)CCCO1. The van der Waals surface area contributed by atoms with Crippen molar-refractivity contribution < 1.29 is 19.4 Å². The van der Waals surface area contributed by atoms with Crippen molar-refractivity contribution in [2.75, 3.05) is 13.2 Å². The van der Waals surface area contributed by atoms with E-state index in [0.29, 0.717) is 19.4 Å². The third-order valence-electron chi connectivity index (χ3n) is 3.88. The van der Waals surface area contributed by atoms with Crippen molar-refractivity contribution in [3.8, 4) is 0 Å². The van der Waals surface area contributed by atoms with Crippen LogP contribution in [-0.4, -0.2) is 35.7 Å². The van der Waals surface area contributed by atoms with Gasteiger partial charge in [-0.15, -0.1) is 0 Å². The molecule has 2 atom stereocenters. The van der Waals surface area contributed by atoms with Gasteiger partial charge in [0, 0.05) is 13.2 Å². The summed E-state index contributed by atoms with van der Waals surface area (Å²) in [5.74, 6) is -1.77. The molecule has 0 radical (unpaired) electrons. The monoisotopic (exact) mass is 291 g/mol. The number of benzene rings is 1. The summed E-state index contributed by atoms with van der Waals surface area (Å²) in [5.41, 5.74) is 0.137. The zero-order valence-electron chi connectivity index (χ0n) is 12.2. The minimum Gasteiger partial charge on any atom is -0.481 e. The molecule has 21 heavy (non-hydrogen) atoms. The van der Waals surface area contributed by atoms with E-state index >= 15 is 0 Å². The second kappa shape index (κ2) is 6.72. The molecule has 1 fully saturated rings. The average molecular weight is 291 g/mol. The first-order valence-corrected chi connectivity index (χ1v) is 7.20. The van der Waals surface area contributed by atoms with E-state index in [2.05, 4.69) is 5.32 Å². The van der Waals surface area contributed by atoms with Crippen molar-refractivity contribution in [2.45, 2.75) is 31.8 Å². The Morgan fingerprint density at radius 1 is 1.38 bits per heavy atom. The van der Waals surface area contributed by atoms with Crippen LogP contribution in [0.25, 0.3) is 0 Å². The lowest BCUT2D eigenvalue weighted by molar-refractivity contribution is -0.143. The van der Waals surface area contributed by atoms with Gasteiger partial charge in [-0.3, -0.25) is 9.59 Å². The van der Waals surface area contributed by atoms with Crippen LogP contribution >= 0.6 is 0 Å². The Hall–Kier alpha value is -1.88. The Kier molecular flexibility index (Phi) is 4.96. The summed E-state index contributed by atoms with van der Waals surface area (Å²) in [4.78, 5) is 23.5. The van der Waals surface area contributed by atoms with Gasteiger partial charge in [0.1, 0.15) is 5.60 Å². The van der Waals surface area contributed by atoms with Crippen molar-refractivity contribution in [2.24, 2.45) is 5.92 Å². The third kappa shape index (κ3) is 4.04. The first kappa shape index (κ1) is 15.5. The molecule has 114 valence electrons. The highest BCUT2D eigenvalue weighted by Gasteiger charge is 2.38. The fourth-order valence-corrected chi connectivity index (χ4v) is 2.51. The number of hydrogen-bond donors (Lipinski definition) is 2. The molecule has 1 aromatic rings. The van der Waals surface area contributed by atoms with Gasteiger partial charge >= 0.3 is 5.97 Å². The maximum atomic E-state index is 12.1. The molecule has 5 nitrogen and oxygen atoms in total. The Morgan fingerprint density at radius 3 is 2.67 bits per heavy atom. The minimum atomic E-state index is -0.906. The zero-order chi connectivity index (χ0) is 15.3. The number of hydrogen-bond acceptors (Lipinski definition) is 3. The van der Waals surface area contributed by atoms with E-state index in [-0.39, 0.29) is 12.5 Å². The number of carboxylic acid groups (broad SMARTS) is 1. The smallest absolute Gasteiger partial charge is 0.308 e. The molecule has 1 amide bonds. The number of carboxylic acids is 1. The van der Waals surface area contributed by atoms with Gasteiger partial charge in [-0.05, 0) is 31.7 Å². The molecule has 0 bridgehead atoms. The van der Waals surface area contributed by atoms with Gasteiger partial charge in [-0.25, -0.2) is 0 Å². The molecule has 1 aliphatic heterocycles. The van der Waals surface area contributed by atoms with Crippen molar-refractivity contribution in [3.05, 3.63) is 35.9 Å². The summed E-state index contributed by atoms with van der Waals surface area (Å²) in [6, 6.07) is 9.41. The fraction of sp³-hybridized carbons (Fsp3) is 0.500. The number of amides is 1. The van der Waals surface area contributed by atoms with Crippen molar-refractivity contribution >= 4 is 11.9 Å². The Labute approximate surface area is 124 Å². The van der Waals surface area contributed by atoms with Crippen LogP contribution in [0.5, 0.6) is 0 Å². The molecule has 0 aliphatic carbocycles. The predicted octanol–water partition coefficient (Wildman–Crippen LogP) is 1.62. The van der Waals surface area contributed by atoms with E-state index in [9.17, 15) is 14.7 Å². The lowest BCUT2D eigenvalue weighted by Crippen LogP contribution is -2.46. The Bertz CT molecular complexity index is 494. The summed E-state index contributed by atoms with van der Waals surface area (Å²) in [5, 5.41) is 12.0. The van der Waals surface area contributed by atoms with Crippen LogP contribution in [0.15, 0.2) is 30.3 Å². The molecule has 1 aliphatic rings. The first-order valence-electron chi connectivity index (χ1n) is 7.20. The summed E-state index contributed by atoms with van der Waals surface area (Å²) in [6.07, 6.45) is 1.93. The van der Waals surface area contributed by atoms with E-state index < -0.39 is 17.5 Å². The second-order valence-corrected chi connectivity index (χ2v) is 5.62. The van der Waals surface area contributed by atoms with Crippen LogP contribution in [-0.2, 0) is 20.7 Å². The molecule has 2 unspecified atom stereocenters. The third-order valence-corrected chi connectivity index (χ3v) is 3.88. The van der Waals surface area contributed by atoms with Crippen molar-refractivity contribution in [3.63, 3.8) is 0 Å². The van der Waals surface area contributed by atoms with Gasteiger partial charge in [-0.1, -0.05) is 30.3 Å². The van der Waals surface area contributed by atoms with Gasteiger partial charge in [0.25, 0.3) is 5.91 Å². The zero-order valence-corrected chi connectivity index (χ0v) is 12.2. The molecule has 1 saturated heterocycles. The lowest BCUT2D eigenvalue weighted by Gasteiger charge is -2.23. The number of carbonyl (C=O) groups is 2. The second-order valence-electron chi connectivity index (χ2n) is 5.62. The largest absolute Gasteiger partial charge is 0.481 e. The first-order chi connectivity index (χ1) is 10.0. The Morgan fingerprint density at radius 2 is 2.10 bits per heavy atom. The van der Waals surface area contributed by atoms with E-state index in [0.717, 1.165) is 12.0 Å². The van der Waals surface area contributed by atoms with Gasteiger partial charge in [0.15, 0.2) is 0 Å². The van der Waals surface area contributed by atoms with Gasteiger partial charge in [0.05, 0.1) is 5.92 Å². The maximum Gasteiger partial charge on any atom is 0.308 e. The highest BCUT2D eigenvalue weighted by atomic mass is 16.5. The number of ether oxygens (including phenoxy) is 1. The molecule has 5 heteroatoms. The van der Waals surface area contributed by atoms with Gasteiger partial charge < -0.3 is 15.2 Å². The number of aliphatic carboxylic acids is 1. The lowest BCUT2D eigenvalue weighted by atomic mass is 9.98. The number of rotatable bonds is 6. The molecule has 2 rings (SSSR count). The van der Waals surface area contributed by atoms with Crippen LogP contribution < -0.4 is 5.32 Å². The topological polar surface area (TPSA) is 75.6 Å². The van der Waals surface area contributed by atoms with Crippen LogP contribution in [0.2, 0.25) is 0 Å². The molecule has 1 aromatic carbocycles. The van der Waals surface area contributed by atoms with E-state index in [1.54, 1.807) is 6.92 Å². The maximum absolute atomic E-state index is 12.1. The molecular weight excluding hydrogens is 270 g/mol. The predicted molar refractivity (Wildman–Crippen MR) is 77.9 cm³/mol. The molecule has 0 aromatic heterocycles. The molecule has 2 N–H and O–H groups in total. The van der Waals surface area contributed by atoms with E-state index in [1.807, 2.05) is 30.3 Å². The minimum absolute atomic E-state index is 0.113. The summed E-state index contributed by atoms with van der Waals surface area (Å²) in [6.45, 7) is 2.45. The van der Waals surface area contributed by atoms with E-state index in [4.69, 9.17) is 4.74 Å². The highest BCUT2D eigenvalue weighted by Crippen LogP contribution is 2.25. The quantitative estimate of drug-likeness (QED) is 0.835. The number of carbonyl (C=O) groups excluding carboxylic acids is 1. The normalized spacial score (nSPS) is 22.7. The standard InChI is InChI=1S/C16H21NO4/c1-16(8-5-9-21-16)15(20)17-11-13(14(18)19)10-12-6-3-2-4-7-12/h2-4,6-7,13H,5,8-11H2,1H3,(H,17,20)(H,18,19). The fourth-order valence-electron chi connectivity index (χ4n) is 2.51.